The van der Waals surface area contributed by atoms with Crippen molar-refractivity contribution in [2.24, 2.45) is 0 Å². The van der Waals surface area contributed by atoms with E-state index in [-0.39, 0.29) is 12.4 Å². The fraction of sp³-hybridized carbons (Fsp3) is 0.438. The minimum absolute atomic E-state index is 0.00124. The van der Waals surface area contributed by atoms with Crippen LogP contribution in [0.3, 0.4) is 0 Å². The highest BCUT2D eigenvalue weighted by Gasteiger charge is 2.19. The Morgan fingerprint density at radius 3 is 2.60 bits per heavy atom. The molecule has 0 bridgehead atoms. The summed E-state index contributed by atoms with van der Waals surface area (Å²) in [6.45, 7) is 0.640. The van der Waals surface area contributed by atoms with Crippen LogP contribution in [-0.4, -0.2) is 14.9 Å². The predicted molar refractivity (Wildman–Crippen MR) is 74.9 cm³/mol. The van der Waals surface area contributed by atoms with E-state index in [2.05, 4.69) is 5.10 Å². The Kier molecular flexibility index (Phi) is 3.83. The van der Waals surface area contributed by atoms with Crippen molar-refractivity contribution < 1.29 is 9.50 Å². The first kappa shape index (κ1) is 13.3. The number of nitrogens with zero attached hydrogens (tertiary/aromatic N) is 2. The molecule has 106 valence electrons. The maximum Gasteiger partial charge on any atom is 0.123 e. The van der Waals surface area contributed by atoms with Gasteiger partial charge in [-0.2, -0.15) is 5.10 Å². The molecule has 4 heteroatoms. The van der Waals surface area contributed by atoms with Gasteiger partial charge in [-0.3, -0.25) is 4.68 Å². The lowest BCUT2D eigenvalue weighted by molar-refractivity contribution is 0.274. The number of benzene rings is 1. The second-order valence-corrected chi connectivity index (χ2v) is 5.37. The Labute approximate surface area is 118 Å². The third kappa shape index (κ3) is 2.61. The van der Waals surface area contributed by atoms with Crippen molar-refractivity contribution in [3.63, 3.8) is 0 Å². The molecule has 0 saturated heterocycles. The number of fused-ring (bicyclic) bond motifs is 1. The second kappa shape index (κ2) is 5.75. The van der Waals surface area contributed by atoms with Crippen molar-refractivity contribution in [1.82, 2.24) is 9.78 Å². The van der Waals surface area contributed by atoms with Crippen molar-refractivity contribution in [3.05, 3.63) is 52.6 Å². The average Bonchev–Trinajstić information content (AvgIpc) is 2.64. The van der Waals surface area contributed by atoms with Crippen LogP contribution in [-0.2, 0) is 26.0 Å². The summed E-state index contributed by atoms with van der Waals surface area (Å²) < 4.78 is 14.9. The van der Waals surface area contributed by atoms with E-state index in [9.17, 15) is 9.50 Å². The van der Waals surface area contributed by atoms with E-state index in [0.717, 1.165) is 24.1 Å². The fourth-order valence-corrected chi connectivity index (χ4v) is 2.95. The Bertz CT molecular complexity index is 589. The molecule has 20 heavy (non-hydrogen) atoms. The molecule has 0 unspecified atom stereocenters. The third-order valence-corrected chi connectivity index (χ3v) is 3.99. The van der Waals surface area contributed by atoms with Crippen LogP contribution in [0.4, 0.5) is 4.39 Å². The molecule has 0 radical (unpaired) electrons. The van der Waals surface area contributed by atoms with Crippen LogP contribution in [0.1, 0.15) is 41.8 Å². The molecular formula is C16H19FN2O. The van der Waals surface area contributed by atoms with Crippen LogP contribution in [0.15, 0.2) is 24.3 Å². The number of aliphatic hydroxyl groups excluding tert-OH is 1. The normalized spacial score (nSPS) is 14.9. The smallest absolute Gasteiger partial charge is 0.123 e. The maximum absolute atomic E-state index is 13.0. The SMILES string of the molecule is OCc1nn(Cc2ccc(F)cc2)c2c1CCCCC2. The molecule has 1 heterocycles. The maximum atomic E-state index is 13.0. The van der Waals surface area contributed by atoms with Gasteiger partial charge >= 0.3 is 0 Å². The van der Waals surface area contributed by atoms with Crippen LogP contribution in [0.5, 0.6) is 0 Å². The first-order valence-corrected chi connectivity index (χ1v) is 7.20. The predicted octanol–water partition coefficient (Wildman–Crippen LogP) is 2.83. The van der Waals surface area contributed by atoms with Gasteiger partial charge in [-0.05, 0) is 48.9 Å². The minimum Gasteiger partial charge on any atom is -0.390 e. The lowest BCUT2D eigenvalue weighted by Gasteiger charge is -2.07. The zero-order valence-corrected chi connectivity index (χ0v) is 11.5. The van der Waals surface area contributed by atoms with Gasteiger partial charge in [0, 0.05) is 5.69 Å². The molecule has 0 atom stereocenters. The number of hydrogen-bond donors (Lipinski definition) is 1. The van der Waals surface area contributed by atoms with Crippen LogP contribution >= 0.6 is 0 Å². The summed E-state index contributed by atoms with van der Waals surface area (Å²) in [5.74, 6) is -0.218. The Hall–Kier alpha value is -1.68. The molecule has 1 N–H and O–H groups in total. The van der Waals surface area contributed by atoms with E-state index in [1.165, 1.54) is 42.7 Å². The molecule has 0 saturated carbocycles. The van der Waals surface area contributed by atoms with E-state index in [0.29, 0.717) is 6.54 Å². The van der Waals surface area contributed by atoms with Crippen LogP contribution in [0.25, 0.3) is 0 Å². The monoisotopic (exact) mass is 274 g/mol. The Morgan fingerprint density at radius 1 is 1.10 bits per heavy atom. The first-order chi connectivity index (χ1) is 9.78. The minimum atomic E-state index is -0.218. The highest BCUT2D eigenvalue weighted by Crippen LogP contribution is 2.24. The zero-order chi connectivity index (χ0) is 13.9. The summed E-state index contributed by atoms with van der Waals surface area (Å²) in [5.41, 5.74) is 4.32. The van der Waals surface area contributed by atoms with Gasteiger partial charge in [0.15, 0.2) is 0 Å². The molecule has 0 amide bonds. The topological polar surface area (TPSA) is 38.1 Å². The van der Waals surface area contributed by atoms with Crippen molar-refractivity contribution in [2.45, 2.75) is 45.3 Å². The van der Waals surface area contributed by atoms with E-state index in [1.807, 2.05) is 4.68 Å². The van der Waals surface area contributed by atoms with Gasteiger partial charge in [0.05, 0.1) is 18.8 Å². The van der Waals surface area contributed by atoms with Gasteiger partial charge in [0.2, 0.25) is 0 Å². The van der Waals surface area contributed by atoms with Gasteiger partial charge in [-0.15, -0.1) is 0 Å². The summed E-state index contributed by atoms with van der Waals surface area (Å²) in [7, 11) is 0. The van der Waals surface area contributed by atoms with Gasteiger partial charge in [0.25, 0.3) is 0 Å². The van der Waals surface area contributed by atoms with Crippen LogP contribution in [0, 0.1) is 5.82 Å². The van der Waals surface area contributed by atoms with Gasteiger partial charge in [-0.1, -0.05) is 18.6 Å². The molecule has 0 spiro atoms. The molecule has 2 aromatic rings. The number of halogens is 1. The standard InChI is InChI=1S/C16H19FN2O/c17-13-8-6-12(7-9-13)10-19-16-5-3-1-2-4-14(16)15(11-20)18-19/h6-9,20H,1-5,10-11H2. The molecule has 0 fully saturated rings. The Morgan fingerprint density at radius 2 is 1.85 bits per heavy atom. The summed E-state index contributed by atoms with van der Waals surface area (Å²) in [6, 6.07) is 6.53. The molecule has 1 aromatic carbocycles. The zero-order valence-electron chi connectivity index (χ0n) is 11.5. The number of rotatable bonds is 3. The van der Waals surface area contributed by atoms with Crippen molar-refractivity contribution in [2.75, 3.05) is 0 Å². The largest absolute Gasteiger partial charge is 0.390 e. The molecule has 3 nitrogen and oxygen atoms in total. The van der Waals surface area contributed by atoms with Gasteiger partial charge < -0.3 is 5.11 Å². The average molecular weight is 274 g/mol. The molecule has 1 aliphatic carbocycles. The van der Waals surface area contributed by atoms with Gasteiger partial charge in [0.1, 0.15) is 5.82 Å². The van der Waals surface area contributed by atoms with Crippen molar-refractivity contribution in [3.8, 4) is 0 Å². The molecule has 1 aromatic heterocycles. The third-order valence-electron chi connectivity index (χ3n) is 3.99. The first-order valence-electron chi connectivity index (χ1n) is 7.20. The number of hydrogen-bond acceptors (Lipinski definition) is 2. The fourth-order valence-electron chi connectivity index (χ4n) is 2.95. The molecule has 1 aliphatic rings. The number of aromatic nitrogens is 2. The lowest BCUT2D eigenvalue weighted by Crippen LogP contribution is -2.07. The van der Waals surface area contributed by atoms with Crippen LogP contribution < -0.4 is 0 Å². The summed E-state index contributed by atoms with van der Waals surface area (Å²) >= 11 is 0. The van der Waals surface area contributed by atoms with Crippen molar-refractivity contribution in [1.29, 1.82) is 0 Å². The second-order valence-electron chi connectivity index (χ2n) is 5.37. The van der Waals surface area contributed by atoms with E-state index in [1.54, 1.807) is 12.1 Å². The quantitative estimate of drug-likeness (QED) is 0.874. The van der Waals surface area contributed by atoms with E-state index in [4.69, 9.17) is 0 Å². The summed E-state index contributed by atoms with van der Waals surface area (Å²) in [5, 5.41) is 14.0. The van der Waals surface area contributed by atoms with E-state index < -0.39 is 0 Å². The lowest BCUT2D eigenvalue weighted by atomic mass is 10.1. The highest BCUT2D eigenvalue weighted by molar-refractivity contribution is 5.29. The molecule has 0 aliphatic heterocycles. The van der Waals surface area contributed by atoms with Crippen molar-refractivity contribution >= 4 is 0 Å². The highest BCUT2D eigenvalue weighted by atomic mass is 19.1. The van der Waals surface area contributed by atoms with Gasteiger partial charge in [-0.25, -0.2) is 4.39 Å². The molecular weight excluding hydrogens is 255 g/mol. The summed E-state index contributed by atoms with van der Waals surface area (Å²) in [6.07, 6.45) is 5.60. The number of aliphatic hydroxyl groups is 1. The molecule has 3 rings (SSSR count). The van der Waals surface area contributed by atoms with E-state index >= 15 is 0 Å². The Balaban J connectivity index is 1.92. The summed E-state index contributed by atoms with van der Waals surface area (Å²) in [4.78, 5) is 0. The van der Waals surface area contributed by atoms with Crippen LogP contribution in [0.2, 0.25) is 0 Å².